The van der Waals surface area contributed by atoms with Gasteiger partial charge in [0.2, 0.25) is 0 Å². The normalized spacial score (nSPS) is 30.2. The predicted molar refractivity (Wildman–Crippen MR) is 60.3 cm³/mol. The second-order valence-corrected chi connectivity index (χ2v) is 4.39. The first-order valence-electron chi connectivity index (χ1n) is 5.01. The molecule has 3 rings (SSSR count). The molecule has 0 aliphatic carbocycles. The minimum atomic E-state index is -0.603. The Hall–Kier alpha value is -1.42. The van der Waals surface area contributed by atoms with E-state index in [1.165, 1.54) is 0 Å². The molecule has 0 amide bonds. The van der Waals surface area contributed by atoms with E-state index in [0.717, 1.165) is 11.3 Å². The van der Waals surface area contributed by atoms with Crippen molar-refractivity contribution in [1.29, 1.82) is 0 Å². The van der Waals surface area contributed by atoms with Crippen LogP contribution in [0.15, 0.2) is 23.3 Å². The van der Waals surface area contributed by atoms with E-state index < -0.39 is 5.54 Å². The van der Waals surface area contributed by atoms with Crippen LogP contribution in [0.4, 0.5) is 5.69 Å². The van der Waals surface area contributed by atoms with Crippen LogP contribution in [0.25, 0.3) is 10.4 Å². The Labute approximate surface area is 97.0 Å². The lowest BCUT2D eigenvalue weighted by molar-refractivity contribution is 0.109. The highest BCUT2D eigenvalue weighted by molar-refractivity contribution is 6.30. The number of nitrogens with zero attached hydrogens (tertiary/aromatic N) is 3. The lowest BCUT2D eigenvalue weighted by atomic mass is 9.90. The van der Waals surface area contributed by atoms with Crippen LogP contribution in [-0.2, 0) is 10.3 Å². The van der Waals surface area contributed by atoms with Crippen LogP contribution in [0.5, 0.6) is 0 Å². The largest absolute Gasteiger partial charge is 0.359 e. The highest BCUT2D eigenvalue weighted by Crippen LogP contribution is 2.49. The van der Waals surface area contributed by atoms with Crippen molar-refractivity contribution in [3.05, 3.63) is 39.2 Å². The van der Waals surface area contributed by atoms with E-state index in [1.54, 1.807) is 6.07 Å². The van der Waals surface area contributed by atoms with E-state index in [-0.39, 0.29) is 6.23 Å². The van der Waals surface area contributed by atoms with Gasteiger partial charge in [0, 0.05) is 15.6 Å². The molecule has 1 fully saturated rings. The minimum Gasteiger partial charge on any atom is -0.359 e. The molecule has 0 radical (unpaired) electrons. The standard InChI is InChI=1S/C10H9ClN4O/c11-6-1-2-7-8(5-6)13-9-10(7,14-15-12)3-4-16-9/h1-2,5,9,13H,3-4H2/t9-,10+/m0/s1. The third kappa shape index (κ3) is 1.13. The summed E-state index contributed by atoms with van der Waals surface area (Å²) in [6.45, 7) is 0.596. The molecule has 2 atom stereocenters. The molecule has 0 unspecified atom stereocenters. The number of hydrogen-bond donors (Lipinski definition) is 1. The van der Waals surface area contributed by atoms with Gasteiger partial charge in [-0.05, 0) is 29.6 Å². The van der Waals surface area contributed by atoms with E-state index in [2.05, 4.69) is 15.3 Å². The molecule has 5 nitrogen and oxygen atoms in total. The Bertz CT molecular complexity index is 500. The van der Waals surface area contributed by atoms with Gasteiger partial charge in [-0.2, -0.15) is 0 Å². The first-order chi connectivity index (χ1) is 7.76. The molecule has 1 aromatic rings. The second-order valence-electron chi connectivity index (χ2n) is 3.95. The van der Waals surface area contributed by atoms with E-state index >= 15 is 0 Å². The predicted octanol–water partition coefficient (Wildman–Crippen LogP) is 3.02. The van der Waals surface area contributed by atoms with Crippen molar-refractivity contribution in [3.8, 4) is 0 Å². The molecule has 16 heavy (non-hydrogen) atoms. The van der Waals surface area contributed by atoms with E-state index in [4.69, 9.17) is 21.9 Å². The van der Waals surface area contributed by atoms with Crippen LogP contribution in [0.2, 0.25) is 5.02 Å². The van der Waals surface area contributed by atoms with Crippen LogP contribution < -0.4 is 5.32 Å². The average molecular weight is 237 g/mol. The molecule has 1 aromatic carbocycles. The number of anilines is 1. The number of azide groups is 1. The number of halogens is 1. The first kappa shape index (κ1) is 9.78. The van der Waals surface area contributed by atoms with Crippen molar-refractivity contribution in [2.75, 3.05) is 11.9 Å². The number of nitrogens with one attached hydrogen (secondary N) is 1. The van der Waals surface area contributed by atoms with Crippen molar-refractivity contribution >= 4 is 17.3 Å². The monoisotopic (exact) mass is 236 g/mol. The lowest BCUT2D eigenvalue weighted by Gasteiger charge is -2.21. The van der Waals surface area contributed by atoms with Crippen LogP contribution in [0.3, 0.4) is 0 Å². The summed E-state index contributed by atoms with van der Waals surface area (Å²) in [6, 6.07) is 5.53. The van der Waals surface area contributed by atoms with Crippen molar-refractivity contribution in [2.24, 2.45) is 5.11 Å². The Kier molecular flexibility index (Phi) is 2.01. The van der Waals surface area contributed by atoms with Gasteiger partial charge in [0.25, 0.3) is 0 Å². The molecule has 0 bridgehead atoms. The summed E-state index contributed by atoms with van der Waals surface area (Å²) in [6.07, 6.45) is 0.431. The Morgan fingerprint density at radius 1 is 1.62 bits per heavy atom. The fourth-order valence-electron chi connectivity index (χ4n) is 2.43. The maximum Gasteiger partial charge on any atom is 0.143 e. The van der Waals surface area contributed by atoms with Gasteiger partial charge < -0.3 is 10.1 Å². The van der Waals surface area contributed by atoms with Crippen molar-refractivity contribution in [1.82, 2.24) is 0 Å². The van der Waals surface area contributed by atoms with Crippen molar-refractivity contribution in [3.63, 3.8) is 0 Å². The van der Waals surface area contributed by atoms with Gasteiger partial charge in [0.05, 0.1) is 6.61 Å². The van der Waals surface area contributed by atoms with Gasteiger partial charge in [-0.15, -0.1) is 0 Å². The van der Waals surface area contributed by atoms with Crippen LogP contribution >= 0.6 is 11.6 Å². The summed E-state index contributed by atoms with van der Waals surface area (Å²) in [5.74, 6) is 0. The fraction of sp³-hybridized carbons (Fsp3) is 0.400. The molecule has 82 valence electrons. The molecule has 6 heteroatoms. The topological polar surface area (TPSA) is 70.0 Å². The maximum atomic E-state index is 8.70. The number of ether oxygens (including phenoxy) is 1. The number of hydrogen-bond acceptors (Lipinski definition) is 3. The summed E-state index contributed by atoms with van der Waals surface area (Å²) in [4.78, 5) is 2.94. The van der Waals surface area contributed by atoms with Gasteiger partial charge in [-0.1, -0.05) is 22.8 Å². The van der Waals surface area contributed by atoms with Gasteiger partial charge in [-0.25, -0.2) is 0 Å². The highest BCUT2D eigenvalue weighted by Gasteiger charge is 2.51. The average Bonchev–Trinajstić information content (AvgIpc) is 2.73. The molecule has 2 aliphatic rings. The zero-order chi connectivity index (χ0) is 11.2. The van der Waals surface area contributed by atoms with Gasteiger partial charge in [-0.3, -0.25) is 0 Å². The summed E-state index contributed by atoms with van der Waals surface area (Å²) in [5, 5.41) is 7.78. The smallest absolute Gasteiger partial charge is 0.143 e. The van der Waals surface area contributed by atoms with E-state index in [9.17, 15) is 0 Å². The Balaban J connectivity index is 2.19. The molecule has 1 saturated heterocycles. The number of fused-ring (bicyclic) bond motifs is 3. The van der Waals surface area contributed by atoms with Gasteiger partial charge in [0.15, 0.2) is 0 Å². The third-order valence-corrected chi connectivity index (χ3v) is 3.39. The molecular weight excluding hydrogens is 228 g/mol. The van der Waals surface area contributed by atoms with Crippen LogP contribution in [0, 0.1) is 0 Å². The molecule has 2 aliphatic heterocycles. The van der Waals surface area contributed by atoms with E-state index in [1.807, 2.05) is 12.1 Å². The minimum absolute atomic E-state index is 0.267. The van der Waals surface area contributed by atoms with Gasteiger partial charge >= 0.3 is 0 Å². The summed E-state index contributed by atoms with van der Waals surface area (Å²) in [7, 11) is 0. The van der Waals surface area contributed by atoms with Crippen molar-refractivity contribution < 1.29 is 4.74 Å². The molecule has 0 spiro atoms. The SMILES string of the molecule is [N-]=[N+]=N[C@@]12CCO[C@@H]1Nc1cc(Cl)ccc12. The van der Waals surface area contributed by atoms with Gasteiger partial charge in [0.1, 0.15) is 11.8 Å². The maximum absolute atomic E-state index is 8.70. The van der Waals surface area contributed by atoms with Crippen LogP contribution in [0.1, 0.15) is 12.0 Å². The van der Waals surface area contributed by atoms with Crippen molar-refractivity contribution in [2.45, 2.75) is 18.2 Å². The fourth-order valence-corrected chi connectivity index (χ4v) is 2.60. The summed E-state index contributed by atoms with van der Waals surface area (Å²) >= 11 is 5.92. The summed E-state index contributed by atoms with van der Waals surface area (Å²) in [5.41, 5.74) is 9.96. The third-order valence-electron chi connectivity index (χ3n) is 3.16. The zero-order valence-corrected chi connectivity index (χ0v) is 9.11. The summed E-state index contributed by atoms with van der Waals surface area (Å²) < 4.78 is 5.54. The molecule has 1 N–H and O–H groups in total. The Morgan fingerprint density at radius 3 is 3.31 bits per heavy atom. The molecule has 0 saturated carbocycles. The zero-order valence-electron chi connectivity index (χ0n) is 8.35. The first-order valence-corrected chi connectivity index (χ1v) is 5.38. The second kappa shape index (κ2) is 3.28. The quantitative estimate of drug-likeness (QED) is 0.463. The number of rotatable bonds is 1. The van der Waals surface area contributed by atoms with Crippen LogP contribution in [-0.4, -0.2) is 12.8 Å². The number of benzene rings is 1. The molecule has 2 heterocycles. The lowest BCUT2D eigenvalue weighted by Crippen LogP contribution is -2.32. The Morgan fingerprint density at radius 2 is 2.50 bits per heavy atom. The highest BCUT2D eigenvalue weighted by atomic mass is 35.5. The molecular formula is C10H9ClN4O. The molecule has 0 aromatic heterocycles. The van der Waals surface area contributed by atoms with E-state index in [0.29, 0.717) is 18.1 Å².